The first-order valence-electron chi connectivity index (χ1n) is 32.5. The number of benzene rings is 18. The van der Waals surface area contributed by atoms with Crippen molar-refractivity contribution < 1.29 is 0 Å². The van der Waals surface area contributed by atoms with Gasteiger partial charge in [0, 0.05) is 33.3 Å². The Labute approximate surface area is 546 Å². The van der Waals surface area contributed by atoms with Crippen LogP contribution in [0.2, 0.25) is 0 Å². The van der Waals surface area contributed by atoms with Crippen molar-refractivity contribution in [2.24, 2.45) is 0 Å². The fraction of sp³-hybridized carbons (Fsp3) is 0. The Kier molecular flexibility index (Phi) is 13.3. The van der Waals surface area contributed by atoms with Crippen molar-refractivity contribution >= 4 is 120 Å². The van der Waals surface area contributed by atoms with Gasteiger partial charge in [0.05, 0.1) is 28.4 Å². The van der Waals surface area contributed by atoms with Gasteiger partial charge in [0.2, 0.25) is 0 Å². The molecule has 0 aliphatic heterocycles. The van der Waals surface area contributed by atoms with Crippen molar-refractivity contribution in [2.75, 3.05) is 9.80 Å². The number of rotatable bonds is 11. The smallest absolute Gasteiger partial charge is 0.0547 e. The molecule has 0 atom stereocenters. The highest BCUT2D eigenvalue weighted by molar-refractivity contribution is 6.20. The lowest BCUT2D eigenvalue weighted by molar-refractivity contribution is 1.29. The molecule has 0 radical (unpaired) electrons. The molecular formula is C92H60N2. The summed E-state index contributed by atoms with van der Waals surface area (Å²) in [6.07, 6.45) is 0. The molecule has 0 aliphatic rings. The van der Waals surface area contributed by atoms with Crippen LogP contribution >= 0.6 is 0 Å². The van der Waals surface area contributed by atoms with E-state index < -0.39 is 0 Å². The van der Waals surface area contributed by atoms with E-state index in [0.29, 0.717) is 0 Å². The molecule has 0 amide bonds. The molecule has 18 rings (SSSR count). The fourth-order valence-corrected chi connectivity index (χ4v) is 15.0. The summed E-state index contributed by atoms with van der Waals surface area (Å²) in [5.74, 6) is 0. The zero-order valence-electron chi connectivity index (χ0n) is 51.5. The second-order valence-electron chi connectivity index (χ2n) is 24.7. The van der Waals surface area contributed by atoms with Crippen LogP contribution in [0.5, 0.6) is 0 Å². The Bertz CT molecular complexity index is 6030. The summed E-state index contributed by atoms with van der Waals surface area (Å²) in [5.41, 5.74) is 18.1. The van der Waals surface area contributed by atoms with Crippen LogP contribution in [0, 0.1) is 0 Å². The molecule has 0 bridgehead atoms. The van der Waals surface area contributed by atoms with E-state index in [-0.39, 0.29) is 0 Å². The van der Waals surface area contributed by atoms with Gasteiger partial charge in [-0.2, -0.15) is 0 Å². The highest BCUT2D eigenvalue weighted by Crippen LogP contribution is 2.53. The van der Waals surface area contributed by atoms with Gasteiger partial charge in [0.15, 0.2) is 0 Å². The molecular weight excluding hydrogens is 1130 g/mol. The van der Waals surface area contributed by atoms with Crippen molar-refractivity contribution in [1.82, 2.24) is 0 Å². The average Bonchev–Trinajstić information content (AvgIpc) is 0.740. The van der Waals surface area contributed by atoms with E-state index in [9.17, 15) is 0 Å². The molecule has 0 saturated carbocycles. The van der Waals surface area contributed by atoms with Crippen LogP contribution in [0.15, 0.2) is 364 Å². The second kappa shape index (κ2) is 22.8. The zero-order valence-corrected chi connectivity index (χ0v) is 51.5. The van der Waals surface area contributed by atoms with Crippen LogP contribution in [-0.2, 0) is 0 Å². The Morgan fingerprint density at radius 3 is 1.16 bits per heavy atom. The Hall–Kier alpha value is -12.4. The number of nitrogens with zero attached hydrogens (tertiary/aromatic N) is 2. The summed E-state index contributed by atoms with van der Waals surface area (Å²) < 4.78 is 0. The van der Waals surface area contributed by atoms with Gasteiger partial charge in [-0.25, -0.2) is 0 Å². The molecule has 94 heavy (non-hydrogen) atoms. The average molecular weight is 1190 g/mol. The predicted octanol–water partition coefficient (Wildman–Crippen LogP) is 26.2. The molecule has 0 aliphatic carbocycles. The minimum absolute atomic E-state index is 1.08. The molecule has 0 fully saturated rings. The summed E-state index contributed by atoms with van der Waals surface area (Å²) in [6, 6.07) is 135. The van der Waals surface area contributed by atoms with E-state index in [0.717, 1.165) is 78.5 Å². The maximum atomic E-state index is 2.55. The molecule has 0 aromatic heterocycles. The van der Waals surface area contributed by atoms with Crippen LogP contribution in [-0.4, -0.2) is 0 Å². The summed E-state index contributed by atoms with van der Waals surface area (Å²) in [5, 5.41) is 19.2. The number of para-hydroxylation sites is 3. The van der Waals surface area contributed by atoms with Crippen LogP contribution in [0.3, 0.4) is 0 Å². The van der Waals surface area contributed by atoms with Gasteiger partial charge in [-0.3, -0.25) is 0 Å². The maximum absolute atomic E-state index is 2.55. The number of anilines is 6. The Morgan fingerprint density at radius 1 is 0.149 bits per heavy atom. The molecule has 0 spiro atoms. The van der Waals surface area contributed by atoms with Crippen molar-refractivity contribution in [2.45, 2.75) is 0 Å². The molecule has 0 heterocycles. The summed E-state index contributed by atoms with van der Waals surface area (Å²) in [6.45, 7) is 0. The molecule has 0 N–H and O–H groups in total. The van der Waals surface area contributed by atoms with E-state index in [2.05, 4.69) is 374 Å². The molecule has 438 valence electrons. The second-order valence-corrected chi connectivity index (χ2v) is 24.7. The quantitative estimate of drug-likeness (QED) is 0.119. The lowest BCUT2D eigenvalue weighted by Crippen LogP contribution is -2.13. The van der Waals surface area contributed by atoms with E-state index in [1.165, 1.54) is 97.5 Å². The predicted molar refractivity (Wildman–Crippen MR) is 403 cm³/mol. The molecule has 18 aromatic carbocycles. The molecule has 2 nitrogen and oxygen atoms in total. The monoisotopic (exact) mass is 1190 g/mol. The fourth-order valence-electron chi connectivity index (χ4n) is 15.0. The van der Waals surface area contributed by atoms with Crippen molar-refractivity contribution in [3.63, 3.8) is 0 Å². The largest absolute Gasteiger partial charge is 0.309 e. The maximum Gasteiger partial charge on any atom is 0.0547 e. The van der Waals surface area contributed by atoms with Gasteiger partial charge in [-0.1, -0.05) is 291 Å². The zero-order chi connectivity index (χ0) is 62.1. The minimum atomic E-state index is 1.08. The summed E-state index contributed by atoms with van der Waals surface area (Å²) in [7, 11) is 0. The Morgan fingerprint density at radius 2 is 0.521 bits per heavy atom. The third-order valence-corrected chi connectivity index (χ3v) is 19.3. The van der Waals surface area contributed by atoms with Crippen molar-refractivity contribution in [1.29, 1.82) is 0 Å². The van der Waals surface area contributed by atoms with Crippen molar-refractivity contribution in [3.05, 3.63) is 364 Å². The first-order chi connectivity index (χ1) is 46.6. The van der Waals surface area contributed by atoms with Gasteiger partial charge < -0.3 is 9.80 Å². The van der Waals surface area contributed by atoms with E-state index >= 15 is 0 Å². The van der Waals surface area contributed by atoms with Crippen LogP contribution < -0.4 is 9.80 Å². The number of fused-ring (bicyclic) bond motifs is 10. The van der Waals surface area contributed by atoms with Crippen molar-refractivity contribution in [3.8, 4) is 55.6 Å². The van der Waals surface area contributed by atoms with E-state index in [1.807, 2.05) is 0 Å². The lowest BCUT2D eigenvalue weighted by atomic mass is 9.86. The van der Waals surface area contributed by atoms with Gasteiger partial charge in [-0.05, 0) is 187 Å². The third kappa shape index (κ3) is 9.34. The van der Waals surface area contributed by atoms with Crippen LogP contribution in [0.25, 0.3) is 142 Å². The first kappa shape index (κ1) is 54.6. The highest BCUT2D eigenvalue weighted by Gasteiger charge is 2.28. The third-order valence-electron chi connectivity index (χ3n) is 19.3. The molecule has 2 heteroatoms. The molecule has 18 aromatic rings. The Balaban J connectivity index is 0.868. The van der Waals surface area contributed by atoms with E-state index in [4.69, 9.17) is 0 Å². The number of hydrogen-bond donors (Lipinski definition) is 0. The van der Waals surface area contributed by atoms with Gasteiger partial charge in [0.25, 0.3) is 0 Å². The van der Waals surface area contributed by atoms with Gasteiger partial charge >= 0.3 is 0 Å². The summed E-state index contributed by atoms with van der Waals surface area (Å²) >= 11 is 0. The van der Waals surface area contributed by atoms with Gasteiger partial charge in [-0.15, -0.1) is 0 Å². The summed E-state index contributed by atoms with van der Waals surface area (Å²) in [4.78, 5) is 5.04. The SMILES string of the molecule is c1ccc(N(c2ccc3ccccc3c2)c2ccccc2-c2cc3ccc(-c4cccc(N(c5ccccc5-c5ccc6ccccc6c5)c5cccc6ccccc56)c4-c4cc5ccccc5c5ccccc45)cc3c3ccccc23)c(-c2ccc3ccccc3c2)c1. The van der Waals surface area contributed by atoms with E-state index in [1.54, 1.807) is 0 Å². The molecule has 0 saturated heterocycles. The van der Waals surface area contributed by atoms with Crippen LogP contribution in [0.4, 0.5) is 34.1 Å². The lowest BCUT2D eigenvalue weighted by Gasteiger charge is -2.32. The minimum Gasteiger partial charge on any atom is -0.309 e. The van der Waals surface area contributed by atoms with Gasteiger partial charge in [0.1, 0.15) is 0 Å². The highest BCUT2D eigenvalue weighted by atomic mass is 15.2. The standard InChI is InChI=1S/C92H60N2/c1-4-27-65-55-69(49-47-61(65)23-1)76-34-15-18-42-87(76)93(73-54-53-63-25-3-6-29-67(63)57-73)90-44-20-17-40-83(90)85-59-72-52-51-71(58-84(72)80-37-12-13-38-81(80)85)78-41-22-46-91(92(78)86-60-68-30-8-9-32-74(68)79-36-11-14-39-82(79)86)94(89-45-21-31-64-26-7-10-33-75(64)89)88-43-19-16-35-77(88)70-50-48-62-24-2-5-28-66(62)56-70/h1-60H. The number of hydrogen-bond acceptors (Lipinski definition) is 2. The topological polar surface area (TPSA) is 6.48 Å². The van der Waals surface area contributed by atoms with Crippen LogP contribution in [0.1, 0.15) is 0 Å². The normalized spacial score (nSPS) is 11.6. The molecule has 0 unspecified atom stereocenters. The first-order valence-corrected chi connectivity index (χ1v) is 32.5.